The lowest BCUT2D eigenvalue weighted by atomic mass is 9.84. The number of hydrogen-bond donors (Lipinski definition) is 0. The summed E-state index contributed by atoms with van der Waals surface area (Å²) in [6.07, 6.45) is 5.68. The molecule has 1 saturated carbocycles. The van der Waals surface area contributed by atoms with Gasteiger partial charge in [0.1, 0.15) is 0 Å². The molecule has 0 aromatic heterocycles. The summed E-state index contributed by atoms with van der Waals surface area (Å²) in [6, 6.07) is 0. The molecule has 1 aliphatic rings. The molecule has 0 N–H and O–H groups in total. The highest BCUT2D eigenvalue weighted by atomic mass is 14.2. The molecular formula is C8H15. The van der Waals surface area contributed by atoms with Crippen molar-refractivity contribution >= 4 is 0 Å². The third kappa shape index (κ3) is 1.50. The summed E-state index contributed by atoms with van der Waals surface area (Å²) in [5.41, 5.74) is 0. The van der Waals surface area contributed by atoms with E-state index in [2.05, 4.69) is 13.8 Å². The van der Waals surface area contributed by atoms with Crippen LogP contribution < -0.4 is 0 Å². The Kier molecular flexibility index (Phi) is 1.93. The summed E-state index contributed by atoms with van der Waals surface area (Å²) in [7, 11) is 0. The lowest BCUT2D eigenvalue weighted by Gasteiger charge is -2.22. The van der Waals surface area contributed by atoms with Gasteiger partial charge in [0, 0.05) is 0 Å². The van der Waals surface area contributed by atoms with Gasteiger partial charge in [-0.1, -0.05) is 26.7 Å². The molecule has 1 rings (SSSR count). The standard InChI is InChI=1S/C8H15/c1-7-4-3-5-8(2)6-7/h7H,3-6H2,1-2H3. The Morgan fingerprint density at radius 2 is 2.25 bits per heavy atom. The zero-order valence-electron chi connectivity index (χ0n) is 5.91. The second-order valence-electron chi connectivity index (χ2n) is 3.16. The van der Waals surface area contributed by atoms with Crippen LogP contribution in [0.2, 0.25) is 0 Å². The average Bonchev–Trinajstić information content (AvgIpc) is 1.64. The first-order valence-corrected chi connectivity index (χ1v) is 3.60. The Balaban J connectivity index is 2.23. The van der Waals surface area contributed by atoms with E-state index in [1.165, 1.54) is 25.7 Å². The van der Waals surface area contributed by atoms with Crippen molar-refractivity contribution in [2.75, 3.05) is 0 Å². The smallest absolute Gasteiger partial charge is 0.0269 e. The van der Waals surface area contributed by atoms with Crippen molar-refractivity contribution in [2.24, 2.45) is 5.92 Å². The van der Waals surface area contributed by atoms with Gasteiger partial charge in [-0.25, -0.2) is 0 Å². The minimum absolute atomic E-state index is 0.976. The van der Waals surface area contributed by atoms with Crippen molar-refractivity contribution in [3.05, 3.63) is 5.92 Å². The van der Waals surface area contributed by atoms with Gasteiger partial charge in [0.2, 0.25) is 0 Å². The summed E-state index contributed by atoms with van der Waals surface area (Å²) in [5.74, 6) is 2.69. The topological polar surface area (TPSA) is 0 Å². The van der Waals surface area contributed by atoms with E-state index in [1.807, 2.05) is 0 Å². The first-order valence-electron chi connectivity index (χ1n) is 3.60. The maximum absolute atomic E-state index is 2.35. The van der Waals surface area contributed by atoms with Crippen molar-refractivity contribution in [3.8, 4) is 0 Å². The fourth-order valence-corrected chi connectivity index (χ4v) is 1.55. The highest BCUT2D eigenvalue weighted by molar-refractivity contribution is 4.89. The van der Waals surface area contributed by atoms with Crippen LogP contribution in [0.25, 0.3) is 0 Å². The van der Waals surface area contributed by atoms with E-state index in [0.29, 0.717) is 0 Å². The predicted octanol–water partition coefficient (Wildman–Crippen LogP) is 2.79. The average molecular weight is 111 g/mol. The quantitative estimate of drug-likeness (QED) is 0.451. The Morgan fingerprint density at radius 3 is 2.62 bits per heavy atom. The molecule has 1 fully saturated rings. The Hall–Kier alpha value is 0. The van der Waals surface area contributed by atoms with Crippen molar-refractivity contribution in [1.82, 2.24) is 0 Å². The summed E-state index contributed by atoms with van der Waals surface area (Å²) in [6.45, 7) is 4.64. The fourth-order valence-electron chi connectivity index (χ4n) is 1.55. The summed E-state index contributed by atoms with van der Waals surface area (Å²) < 4.78 is 0. The van der Waals surface area contributed by atoms with Crippen LogP contribution in [0.5, 0.6) is 0 Å². The SMILES string of the molecule is C[C]1CCCC(C)C1. The molecule has 0 saturated heterocycles. The third-order valence-electron chi connectivity index (χ3n) is 2.00. The van der Waals surface area contributed by atoms with Gasteiger partial charge in [0.15, 0.2) is 0 Å². The Labute approximate surface area is 52.3 Å². The van der Waals surface area contributed by atoms with Crippen LogP contribution in [0.1, 0.15) is 39.5 Å². The summed E-state index contributed by atoms with van der Waals surface area (Å²) in [4.78, 5) is 0. The minimum atomic E-state index is 0.976. The normalized spacial score (nSPS) is 33.0. The fraction of sp³-hybridized carbons (Fsp3) is 0.875. The maximum atomic E-state index is 2.35. The van der Waals surface area contributed by atoms with Gasteiger partial charge in [0.25, 0.3) is 0 Å². The highest BCUT2D eigenvalue weighted by Crippen LogP contribution is 2.28. The molecule has 0 bridgehead atoms. The molecule has 1 atom stereocenters. The molecule has 0 heterocycles. The Morgan fingerprint density at radius 1 is 1.50 bits per heavy atom. The molecule has 0 aromatic rings. The molecule has 1 radical (unpaired) electrons. The van der Waals surface area contributed by atoms with E-state index < -0.39 is 0 Å². The van der Waals surface area contributed by atoms with Gasteiger partial charge in [-0.15, -0.1) is 0 Å². The van der Waals surface area contributed by atoms with E-state index in [9.17, 15) is 0 Å². The molecule has 1 unspecified atom stereocenters. The van der Waals surface area contributed by atoms with Crippen LogP contribution in [0, 0.1) is 11.8 Å². The van der Waals surface area contributed by atoms with Crippen molar-refractivity contribution in [3.63, 3.8) is 0 Å². The zero-order chi connectivity index (χ0) is 5.98. The molecule has 1 aliphatic carbocycles. The van der Waals surface area contributed by atoms with E-state index in [0.717, 1.165) is 5.92 Å². The molecular weight excluding hydrogens is 96.1 g/mol. The molecule has 0 amide bonds. The Bertz CT molecular complexity index is 58.4. The van der Waals surface area contributed by atoms with Crippen molar-refractivity contribution in [2.45, 2.75) is 39.5 Å². The lowest BCUT2D eigenvalue weighted by Crippen LogP contribution is -2.07. The van der Waals surface area contributed by atoms with Crippen LogP contribution in [-0.2, 0) is 0 Å². The molecule has 0 heteroatoms. The van der Waals surface area contributed by atoms with Gasteiger partial charge >= 0.3 is 0 Å². The summed E-state index contributed by atoms with van der Waals surface area (Å²) >= 11 is 0. The first-order chi connectivity index (χ1) is 3.79. The van der Waals surface area contributed by atoms with Crippen LogP contribution >= 0.6 is 0 Å². The number of rotatable bonds is 0. The molecule has 0 aliphatic heterocycles. The van der Waals surface area contributed by atoms with Gasteiger partial charge < -0.3 is 0 Å². The van der Waals surface area contributed by atoms with Crippen molar-refractivity contribution in [1.29, 1.82) is 0 Å². The van der Waals surface area contributed by atoms with Crippen LogP contribution in [0.4, 0.5) is 0 Å². The number of hydrogen-bond acceptors (Lipinski definition) is 0. The first kappa shape index (κ1) is 6.12. The second kappa shape index (κ2) is 2.52. The predicted molar refractivity (Wildman–Crippen MR) is 36.5 cm³/mol. The maximum Gasteiger partial charge on any atom is -0.0269 e. The zero-order valence-corrected chi connectivity index (χ0v) is 5.91. The third-order valence-corrected chi connectivity index (χ3v) is 2.00. The molecule has 0 spiro atoms. The van der Waals surface area contributed by atoms with Gasteiger partial charge in [-0.3, -0.25) is 0 Å². The van der Waals surface area contributed by atoms with Crippen LogP contribution in [0.3, 0.4) is 0 Å². The van der Waals surface area contributed by atoms with Crippen LogP contribution in [0.15, 0.2) is 0 Å². The van der Waals surface area contributed by atoms with Crippen LogP contribution in [-0.4, -0.2) is 0 Å². The summed E-state index contributed by atoms with van der Waals surface area (Å²) in [5, 5.41) is 0. The molecule has 47 valence electrons. The van der Waals surface area contributed by atoms with Gasteiger partial charge in [0.05, 0.1) is 0 Å². The molecule has 0 nitrogen and oxygen atoms in total. The van der Waals surface area contributed by atoms with Crippen molar-refractivity contribution < 1.29 is 0 Å². The monoisotopic (exact) mass is 111 g/mol. The second-order valence-corrected chi connectivity index (χ2v) is 3.16. The molecule has 8 heavy (non-hydrogen) atoms. The largest absolute Gasteiger partial charge is 0.0625 e. The van der Waals surface area contributed by atoms with E-state index in [4.69, 9.17) is 0 Å². The van der Waals surface area contributed by atoms with E-state index in [-0.39, 0.29) is 0 Å². The van der Waals surface area contributed by atoms with E-state index >= 15 is 0 Å². The highest BCUT2D eigenvalue weighted by Gasteiger charge is 2.14. The molecule has 0 aromatic carbocycles. The van der Waals surface area contributed by atoms with Gasteiger partial charge in [-0.2, -0.15) is 0 Å². The van der Waals surface area contributed by atoms with E-state index in [1.54, 1.807) is 5.92 Å². The lowest BCUT2D eigenvalue weighted by molar-refractivity contribution is 0.413. The van der Waals surface area contributed by atoms with Gasteiger partial charge in [-0.05, 0) is 24.7 Å². The minimum Gasteiger partial charge on any atom is -0.0625 e.